The van der Waals surface area contributed by atoms with Gasteiger partial charge in [0, 0.05) is 38.9 Å². The van der Waals surface area contributed by atoms with Crippen molar-refractivity contribution in [2.24, 2.45) is 13.0 Å². The molecule has 4 rings (SSSR count). The quantitative estimate of drug-likeness (QED) is 0.428. The van der Waals surface area contributed by atoms with Crippen LogP contribution in [0.2, 0.25) is 0 Å². The average Bonchev–Trinajstić information content (AvgIpc) is 3.38. The second kappa shape index (κ2) is 10.5. The van der Waals surface area contributed by atoms with Crippen molar-refractivity contribution >= 4 is 23.8 Å². The van der Waals surface area contributed by atoms with Crippen molar-refractivity contribution in [2.75, 3.05) is 20.1 Å². The molecule has 2 aliphatic rings. The van der Waals surface area contributed by atoms with E-state index in [-0.39, 0.29) is 38.4 Å². The van der Waals surface area contributed by atoms with Gasteiger partial charge >= 0.3 is 12.2 Å². The third-order valence-electron chi connectivity index (χ3n) is 7.50. The molecule has 1 N–H and O–H groups in total. The Morgan fingerprint density at radius 2 is 1.77 bits per heavy atom. The number of piperidine rings is 1. The number of carbonyl (C=O) groups excluding carboxylic acids is 4. The topological polar surface area (TPSA) is 108 Å². The number of nitrogens with one attached hydrogen (secondary N) is 1. The Morgan fingerprint density at radius 1 is 1.12 bits per heavy atom. The summed E-state index contributed by atoms with van der Waals surface area (Å²) < 4.78 is 55.2. The molecule has 40 heavy (non-hydrogen) atoms. The smallest absolute Gasteiger partial charge is 0.341 e. The van der Waals surface area contributed by atoms with Crippen LogP contribution in [0.5, 0.6) is 0 Å². The first kappa shape index (κ1) is 29.0. The number of hydrogen-bond donors (Lipinski definition) is 1. The van der Waals surface area contributed by atoms with E-state index in [1.807, 2.05) is 0 Å². The van der Waals surface area contributed by atoms with E-state index in [0.29, 0.717) is 18.2 Å². The van der Waals surface area contributed by atoms with Gasteiger partial charge in [-0.15, -0.1) is 0 Å². The lowest BCUT2D eigenvalue weighted by atomic mass is 9.85. The maximum atomic E-state index is 14.3. The highest BCUT2D eigenvalue weighted by molar-refractivity contribution is 6.07. The molecule has 1 atom stereocenters. The Kier molecular flexibility index (Phi) is 7.65. The fourth-order valence-corrected chi connectivity index (χ4v) is 5.22. The molecular weight excluding hydrogens is 536 g/mol. The molecule has 1 aromatic heterocycles. The van der Waals surface area contributed by atoms with Gasteiger partial charge in [-0.2, -0.15) is 18.3 Å². The standard InChI is InChI=1S/C26H30F4N6O4/c1-15(2)20(32-21(37)18-11-17(26(28,29)30)5-6-19(18)27)22(38)35-9-7-25(8-10-35)23(39)34(4)24(40)36(25)14-16-12-31-33(3)13-16/h5-6,11-13,15,20H,7-10,14H2,1-4H3,(H,32,37). The summed E-state index contributed by atoms with van der Waals surface area (Å²) in [6.45, 7) is 3.61. The van der Waals surface area contributed by atoms with Crippen LogP contribution < -0.4 is 5.32 Å². The first-order valence-electron chi connectivity index (χ1n) is 12.7. The van der Waals surface area contributed by atoms with E-state index >= 15 is 0 Å². The Labute approximate surface area is 227 Å². The SMILES string of the molecule is CC(C)C(NC(=O)c1cc(C(F)(F)F)ccc1F)C(=O)N1CCC2(CC1)C(=O)N(C)C(=O)N2Cc1cnn(C)c1. The van der Waals surface area contributed by atoms with Gasteiger partial charge in [0.15, 0.2) is 0 Å². The normalized spacial score (nSPS) is 18.2. The number of imide groups is 1. The number of alkyl halides is 3. The summed E-state index contributed by atoms with van der Waals surface area (Å²) in [6, 6.07) is -0.116. The maximum Gasteiger partial charge on any atom is 0.416 e. The first-order chi connectivity index (χ1) is 18.7. The van der Waals surface area contributed by atoms with E-state index < -0.39 is 58.5 Å². The molecule has 2 aromatic rings. The molecule has 0 bridgehead atoms. The molecule has 3 heterocycles. The summed E-state index contributed by atoms with van der Waals surface area (Å²) >= 11 is 0. The minimum absolute atomic E-state index is 0.0895. The molecule has 1 unspecified atom stereocenters. The van der Waals surface area contributed by atoms with Crippen molar-refractivity contribution < 1.29 is 36.7 Å². The predicted octanol–water partition coefficient (Wildman–Crippen LogP) is 2.79. The molecule has 216 valence electrons. The van der Waals surface area contributed by atoms with E-state index in [2.05, 4.69) is 10.4 Å². The van der Waals surface area contributed by atoms with Gasteiger partial charge in [0.2, 0.25) is 5.91 Å². The molecule has 2 saturated heterocycles. The van der Waals surface area contributed by atoms with Crippen molar-refractivity contribution in [3.63, 3.8) is 0 Å². The molecule has 0 radical (unpaired) electrons. The van der Waals surface area contributed by atoms with Gasteiger partial charge in [-0.1, -0.05) is 13.8 Å². The first-order valence-corrected chi connectivity index (χ1v) is 12.7. The second-order valence-corrected chi connectivity index (χ2v) is 10.5. The van der Waals surface area contributed by atoms with Crippen LogP contribution in [0, 0.1) is 11.7 Å². The van der Waals surface area contributed by atoms with E-state index in [4.69, 9.17) is 0 Å². The monoisotopic (exact) mass is 566 g/mol. The molecule has 14 heteroatoms. The largest absolute Gasteiger partial charge is 0.416 e. The summed E-state index contributed by atoms with van der Waals surface area (Å²) in [5.74, 6) is -3.67. The van der Waals surface area contributed by atoms with Gasteiger partial charge in [0.25, 0.3) is 11.8 Å². The van der Waals surface area contributed by atoms with Gasteiger partial charge in [0.05, 0.1) is 23.9 Å². The van der Waals surface area contributed by atoms with E-state index in [9.17, 15) is 36.7 Å². The molecule has 5 amide bonds. The van der Waals surface area contributed by atoms with Crippen LogP contribution >= 0.6 is 0 Å². The van der Waals surface area contributed by atoms with Crippen molar-refractivity contribution in [1.82, 2.24) is 29.8 Å². The highest BCUT2D eigenvalue weighted by atomic mass is 19.4. The fourth-order valence-electron chi connectivity index (χ4n) is 5.22. The lowest BCUT2D eigenvalue weighted by molar-refractivity contribution is -0.142. The van der Waals surface area contributed by atoms with Crippen LogP contribution in [-0.2, 0) is 29.4 Å². The van der Waals surface area contributed by atoms with E-state index in [0.717, 1.165) is 10.5 Å². The summed E-state index contributed by atoms with van der Waals surface area (Å²) in [7, 11) is 3.14. The van der Waals surface area contributed by atoms with Gasteiger partial charge in [-0.25, -0.2) is 9.18 Å². The molecule has 0 saturated carbocycles. The number of benzene rings is 1. The number of amides is 5. The zero-order valence-corrected chi connectivity index (χ0v) is 22.5. The summed E-state index contributed by atoms with van der Waals surface area (Å²) in [4.78, 5) is 56.4. The Hall–Kier alpha value is -3.97. The van der Waals surface area contributed by atoms with E-state index in [1.165, 1.54) is 16.8 Å². The van der Waals surface area contributed by atoms with Crippen LogP contribution in [0.25, 0.3) is 0 Å². The number of hydrogen-bond acceptors (Lipinski definition) is 5. The number of carbonyl (C=O) groups is 4. The Morgan fingerprint density at radius 3 is 2.33 bits per heavy atom. The van der Waals surface area contributed by atoms with Crippen molar-refractivity contribution in [1.29, 1.82) is 0 Å². The van der Waals surface area contributed by atoms with Crippen LogP contribution in [-0.4, -0.2) is 80.0 Å². The number of halogens is 4. The molecule has 1 spiro atoms. The Balaban J connectivity index is 1.50. The zero-order valence-electron chi connectivity index (χ0n) is 22.5. The van der Waals surface area contributed by atoms with Crippen molar-refractivity contribution in [3.05, 3.63) is 53.1 Å². The lowest BCUT2D eigenvalue weighted by Gasteiger charge is -2.43. The highest BCUT2D eigenvalue weighted by Crippen LogP contribution is 2.38. The predicted molar refractivity (Wildman–Crippen MR) is 133 cm³/mol. The third-order valence-corrected chi connectivity index (χ3v) is 7.50. The molecule has 10 nitrogen and oxygen atoms in total. The fraction of sp³-hybridized carbons (Fsp3) is 0.500. The minimum Gasteiger partial charge on any atom is -0.341 e. The third kappa shape index (κ3) is 5.26. The molecule has 0 aliphatic carbocycles. The molecular formula is C26H30F4N6O4. The molecule has 2 aliphatic heterocycles. The second-order valence-electron chi connectivity index (χ2n) is 10.5. The van der Waals surface area contributed by atoms with Gasteiger partial charge in [-0.05, 0) is 37.0 Å². The maximum absolute atomic E-state index is 14.3. The van der Waals surface area contributed by atoms with Crippen LogP contribution in [0.15, 0.2) is 30.6 Å². The van der Waals surface area contributed by atoms with Gasteiger partial charge < -0.3 is 15.1 Å². The minimum atomic E-state index is -4.78. The molecule has 1 aromatic carbocycles. The van der Waals surface area contributed by atoms with Gasteiger partial charge in [0.1, 0.15) is 17.4 Å². The van der Waals surface area contributed by atoms with Gasteiger partial charge in [-0.3, -0.25) is 24.0 Å². The Bertz CT molecular complexity index is 1330. The number of likely N-dealkylation sites (tertiary alicyclic amines) is 1. The number of nitrogens with zero attached hydrogens (tertiary/aromatic N) is 5. The van der Waals surface area contributed by atoms with Crippen LogP contribution in [0.4, 0.5) is 22.4 Å². The van der Waals surface area contributed by atoms with Crippen molar-refractivity contribution in [3.8, 4) is 0 Å². The number of likely N-dealkylation sites (N-methyl/N-ethyl adjacent to an activating group) is 1. The summed E-state index contributed by atoms with van der Waals surface area (Å²) in [6.07, 6.45) is -1.14. The van der Waals surface area contributed by atoms with E-state index in [1.54, 1.807) is 38.0 Å². The van der Waals surface area contributed by atoms with Crippen LogP contribution in [0.1, 0.15) is 48.2 Å². The molecule has 2 fully saturated rings. The number of rotatable bonds is 6. The average molecular weight is 567 g/mol. The number of aromatic nitrogens is 2. The number of aryl methyl sites for hydroxylation is 1. The van der Waals surface area contributed by atoms with Crippen LogP contribution in [0.3, 0.4) is 0 Å². The zero-order chi connectivity index (χ0) is 29.6. The highest BCUT2D eigenvalue weighted by Gasteiger charge is 2.57. The summed E-state index contributed by atoms with van der Waals surface area (Å²) in [5, 5.41) is 6.50. The lowest BCUT2D eigenvalue weighted by Crippen LogP contribution is -2.60. The van der Waals surface area contributed by atoms with Crippen molar-refractivity contribution in [2.45, 2.75) is 51.0 Å². The number of urea groups is 1. The summed E-state index contributed by atoms with van der Waals surface area (Å²) in [5.41, 5.74) is -2.43.